The van der Waals surface area contributed by atoms with E-state index in [9.17, 15) is 0 Å². The zero-order chi connectivity index (χ0) is 13.0. The first-order valence-electron chi connectivity index (χ1n) is 5.48. The van der Waals surface area contributed by atoms with Gasteiger partial charge in [-0.3, -0.25) is 0 Å². The lowest BCUT2D eigenvalue weighted by Crippen LogP contribution is -2.27. The van der Waals surface area contributed by atoms with Crippen LogP contribution in [0.4, 0.5) is 5.69 Å². The van der Waals surface area contributed by atoms with Crippen molar-refractivity contribution in [3.8, 4) is 0 Å². The normalized spacial score (nSPS) is 10.1. The Morgan fingerprint density at radius 2 is 2.22 bits per heavy atom. The topological polar surface area (TPSA) is 37.2 Å². The first-order valence-corrected chi connectivity index (χ1v) is 6.27. The SMILES string of the molecule is Cc1ccc(NC(=S)NCc2ccco2)c(Cl)c1. The van der Waals surface area contributed by atoms with Gasteiger partial charge in [-0.1, -0.05) is 17.7 Å². The third-order valence-corrected chi connectivity index (χ3v) is 2.94. The molecule has 2 aromatic rings. The molecule has 0 amide bonds. The smallest absolute Gasteiger partial charge is 0.171 e. The fourth-order valence-electron chi connectivity index (χ4n) is 1.47. The lowest BCUT2D eigenvalue weighted by molar-refractivity contribution is 0.503. The van der Waals surface area contributed by atoms with Crippen LogP contribution >= 0.6 is 23.8 Å². The highest BCUT2D eigenvalue weighted by Gasteiger charge is 2.03. The molecule has 0 unspecified atom stereocenters. The van der Waals surface area contributed by atoms with Gasteiger partial charge in [-0.25, -0.2) is 0 Å². The summed E-state index contributed by atoms with van der Waals surface area (Å²) in [5, 5.41) is 7.25. The summed E-state index contributed by atoms with van der Waals surface area (Å²) in [6, 6.07) is 9.49. The molecule has 0 aliphatic heterocycles. The molecule has 0 aliphatic rings. The van der Waals surface area contributed by atoms with Gasteiger partial charge < -0.3 is 15.1 Å². The van der Waals surface area contributed by atoms with E-state index >= 15 is 0 Å². The molecule has 0 bridgehead atoms. The van der Waals surface area contributed by atoms with Crippen LogP contribution in [0, 0.1) is 6.92 Å². The quantitative estimate of drug-likeness (QED) is 0.840. The highest BCUT2D eigenvalue weighted by Crippen LogP contribution is 2.22. The van der Waals surface area contributed by atoms with Gasteiger partial charge in [0.1, 0.15) is 5.76 Å². The summed E-state index contributed by atoms with van der Waals surface area (Å²) < 4.78 is 5.20. The van der Waals surface area contributed by atoms with Crippen molar-refractivity contribution in [2.24, 2.45) is 0 Å². The van der Waals surface area contributed by atoms with E-state index in [0.29, 0.717) is 16.7 Å². The molecule has 1 aromatic carbocycles. The fourth-order valence-corrected chi connectivity index (χ4v) is 1.93. The number of nitrogens with one attached hydrogen (secondary N) is 2. The van der Waals surface area contributed by atoms with Crippen molar-refractivity contribution < 1.29 is 4.42 Å². The van der Waals surface area contributed by atoms with Gasteiger partial charge in [0.15, 0.2) is 5.11 Å². The van der Waals surface area contributed by atoms with E-state index in [-0.39, 0.29) is 0 Å². The first-order chi connectivity index (χ1) is 8.65. The number of thiocarbonyl (C=S) groups is 1. The van der Waals surface area contributed by atoms with Gasteiger partial charge in [0.2, 0.25) is 0 Å². The van der Waals surface area contributed by atoms with Crippen LogP contribution in [0.25, 0.3) is 0 Å². The van der Waals surface area contributed by atoms with Crippen LogP contribution < -0.4 is 10.6 Å². The zero-order valence-electron chi connectivity index (χ0n) is 9.87. The van der Waals surface area contributed by atoms with Gasteiger partial charge >= 0.3 is 0 Å². The molecular weight excluding hydrogens is 268 g/mol. The van der Waals surface area contributed by atoms with Crippen LogP contribution in [0.2, 0.25) is 5.02 Å². The molecule has 0 radical (unpaired) electrons. The van der Waals surface area contributed by atoms with E-state index in [1.54, 1.807) is 6.26 Å². The van der Waals surface area contributed by atoms with Gasteiger partial charge in [-0.2, -0.15) is 0 Å². The van der Waals surface area contributed by atoms with Crippen LogP contribution in [0.15, 0.2) is 41.0 Å². The molecule has 0 spiro atoms. The second-order valence-electron chi connectivity index (χ2n) is 3.87. The predicted molar refractivity (Wildman–Crippen MR) is 78.0 cm³/mol. The largest absolute Gasteiger partial charge is 0.467 e. The number of furan rings is 1. The molecule has 0 saturated heterocycles. The molecule has 5 heteroatoms. The Bertz CT molecular complexity index is 540. The van der Waals surface area contributed by atoms with Crippen molar-refractivity contribution in [1.82, 2.24) is 5.32 Å². The van der Waals surface area contributed by atoms with Gasteiger partial charge in [0.25, 0.3) is 0 Å². The number of hydrogen-bond donors (Lipinski definition) is 2. The monoisotopic (exact) mass is 280 g/mol. The van der Waals surface area contributed by atoms with Crippen LogP contribution in [0.1, 0.15) is 11.3 Å². The van der Waals surface area contributed by atoms with Gasteiger partial charge in [0, 0.05) is 0 Å². The van der Waals surface area contributed by atoms with E-state index in [2.05, 4.69) is 10.6 Å². The highest BCUT2D eigenvalue weighted by atomic mass is 35.5. The Labute approximate surface area is 116 Å². The third kappa shape index (κ3) is 3.48. The molecule has 18 heavy (non-hydrogen) atoms. The summed E-state index contributed by atoms with van der Waals surface area (Å²) in [4.78, 5) is 0. The van der Waals surface area contributed by atoms with Crippen molar-refractivity contribution >= 4 is 34.6 Å². The molecule has 94 valence electrons. The predicted octanol–water partition coefficient (Wildman–Crippen LogP) is 3.73. The minimum Gasteiger partial charge on any atom is -0.467 e. The summed E-state index contributed by atoms with van der Waals surface area (Å²) in [6.45, 7) is 2.53. The summed E-state index contributed by atoms with van der Waals surface area (Å²) >= 11 is 11.3. The number of rotatable bonds is 3. The maximum atomic E-state index is 6.10. The van der Waals surface area contributed by atoms with E-state index in [1.165, 1.54) is 0 Å². The number of anilines is 1. The summed E-state index contributed by atoms with van der Waals surface area (Å²) in [5.74, 6) is 0.828. The molecule has 0 fully saturated rings. The van der Waals surface area contributed by atoms with Crippen LogP contribution in [-0.4, -0.2) is 5.11 Å². The lowest BCUT2D eigenvalue weighted by Gasteiger charge is -2.11. The Balaban J connectivity index is 1.91. The van der Waals surface area contributed by atoms with Crippen molar-refractivity contribution in [1.29, 1.82) is 0 Å². The second-order valence-corrected chi connectivity index (χ2v) is 4.69. The molecule has 1 heterocycles. The van der Waals surface area contributed by atoms with Crippen molar-refractivity contribution in [2.45, 2.75) is 13.5 Å². The van der Waals surface area contributed by atoms with Crippen LogP contribution in [-0.2, 0) is 6.54 Å². The molecule has 3 nitrogen and oxygen atoms in total. The van der Waals surface area contributed by atoms with Gasteiger partial charge in [0.05, 0.1) is 23.5 Å². The second kappa shape index (κ2) is 5.89. The number of benzene rings is 1. The Hall–Kier alpha value is -1.52. The Morgan fingerprint density at radius 3 is 2.89 bits per heavy atom. The van der Waals surface area contributed by atoms with Crippen LogP contribution in [0.5, 0.6) is 0 Å². The number of hydrogen-bond acceptors (Lipinski definition) is 2. The molecule has 0 atom stereocenters. The van der Waals surface area contributed by atoms with E-state index < -0.39 is 0 Å². The van der Waals surface area contributed by atoms with E-state index in [1.807, 2.05) is 37.3 Å². The summed E-state index contributed by atoms with van der Waals surface area (Å²) in [6.07, 6.45) is 1.63. The molecule has 0 aliphatic carbocycles. The minimum absolute atomic E-state index is 0.511. The van der Waals surface area contributed by atoms with Gasteiger partial charge in [-0.05, 0) is 49.0 Å². The molecule has 2 N–H and O–H groups in total. The number of halogens is 1. The zero-order valence-corrected chi connectivity index (χ0v) is 11.4. The standard InChI is InChI=1S/C13H13ClN2OS/c1-9-4-5-12(11(14)7-9)16-13(18)15-8-10-3-2-6-17-10/h2-7H,8H2,1H3,(H2,15,16,18). The van der Waals surface area contributed by atoms with Crippen molar-refractivity contribution in [3.63, 3.8) is 0 Å². The average Bonchev–Trinajstić information content (AvgIpc) is 2.83. The molecule has 1 aromatic heterocycles. The fraction of sp³-hybridized carbons (Fsp3) is 0.154. The summed E-state index contributed by atoms with van der Waals surface area (Å²) in [7, 11) is 0. The maximum Gasteiger partial charge on any atom is 0.171 e. The maximum absolute atomic E-state index is 6.10. The van der Waals surface area contributed by atoms with E-state index in [4.69, 9.17) is 28.2 Å². The number of aryl methyl sites for hydroxylation is 1. The third-order valence-electron chi connectivity index (χ3n) is 2.38. The highest BCUT2D eigenvalue weighted by molar-refractivity contribution is 7.80. The lowest BCUT2D eigenvalue weighted by atomic mass is 10.2. The summed E-state index contributed by atoms with van der Waals surface area (Å²) in [5.41, 5.74) is 1.90. The Morgan fingerprint density at radius 1 is 1.39 bits per heavy atom. The average molecular weight is 281 g/mol. The molecule has 0 saturated carbocycles. The molecule has 2 rings (SSSR count). The first kappa shape index (κ1) is 12.9. The molecular formula is C13H13ClN2OS. The van der Waals surface area contributed by atoms with Crippen molar-refractivity contribution in [2.75, 3.05) is 5.32 Å². The Kier molecular flexibility index (Phi) is 4.23. The van der Waals surface area contributed by atoms with Crippen molar-refractivity contribution in [3.05, 3.63) is 52.9 Å². The van der Waals surface area contributed by atoms with E-state index in [0.717, 1.165) is 17.0 Å². The van der Waals surface area contributed by atoms with Gasteiger partial charge in [-0.15, -0.1) is 0 Å². The minimum atomic E-state index is 0.511. The van der Waals surface area contributed by atoms with Crippen LogP contribution in [0.3, 0.4) is 0 Å².